The quantitative estimate of drug-likeness (QED) is 0.562. The molecule has 2 amide bonds. The Hall–Kier alpha value is -2.64. The van der Waals surface area contributed by atoms with Crippen LogP contribution in [0.4, 0.5) is 0 Å². The minimum Gasteiger partial charge on any atom is -0.356 e. The van der Waals surface area contributed by atoms with Gasteiger partial charge < -0.3 is 15.5 Å². The zero-order chi connectivity index (χ0) is 22.2. The smallest absolute Gasteiger partial charge is 0.256 e. The minimum absolute atomic E-state index is 0.0162. The second kappa shape index (κ2) is 11.1. The van der Waals surface area contributed by atoms with Crippen LogP contribution in [0, 0.1) is 0 Å². The molecule has 1 aliphatic carbocycles. The van der Waals surface area contributed by atoms with Crippen LogP contribution in [0.5, 0.6) is 0 Å². The van der Waals surface area contributed by atoms with Crippen LogP contribution in [0.25, 0.3) is 0 Å². The van der Waals surface area contributed by atoms with E-state index in [0.717, 1.165) is 38.2 Å². The van der Waals surface area contributed by atoms with Crippen molar-refractivity contribution in [2.75, 3.05) is 33.2 Å². The van der Waals surface area contributed by atoms with Crippen LogP contribution in [0.15, 0.2) is 48.2 Å². The lowest BCUT2D eigenvalue weighted by Gasteiger charge is -2.32. The number of nitrogens with zero attached hydrogens (tertiary/aromatic N) is 3. The van der Waals surface area contributed by atoms with Crippen molar-refractivity contribution in [2.24, 2.45) is 0 Å². The molecule has 7 heteroatoms. The number of benzene rings is 1. The Morgan fingerprint density at radius 1 is 1.10 bits per heavy atom. The molecule has 1 aliphatic heterocycles. The van der Waals surface area contributed by atoms with E-state index in [0.29, 0.717) is 12.6 Å². The third-order valence-corrected chi connectivity index (χ3v) is 5.67. The lowest BCUT2D eigenvalue weighted by molar-refractivity contribution is -0.147. The Balaban J connectivity index is 1.58. The van der Waals surface area contributed by atoms with Crippen LogP contribution in [0.3, 0.4) is 0 Å². The fraction of sp³-hybridized carbons (Fsp3) is 0.500. The minimum atomic E-state index is -0.0648. The highest BCUT2D eigenvalue weighted by molar-refractivity contribution is 5.81. The molecule has 0 spiro atoms. The summed E-state index contributed by atoms with van der Waals surface area (Å²) in [5.74, 6) is -0.0810. The third kappa shape index (κ3) is 6.67. The van der Waals surface area contributed by atoms with Gasteiger partial charge in [-0.05, 0) is 30.0 Å². The molecule has 0 bridgehead atoms. The summed E-state index contributed by atoms with van der Waals surface area (Å²) in [5, 5.41) is 10.0. The van der Waals surface area contributed by atoms with Gasteiger partial charge in [0.1, 0.15) is 0 Å². The van der Waals surface area contributed by atoms with E-state index in [1.165, 1.54) is 11.1 Å². The second-order valence-corrected chi connectivity index (χ2v) is 8.45. The van der Waals surface area contributed by atoms with Gasteiger partial charge in [-0.25, -0.2) is 5.01 Å². The van der Waals surface area contributed by atoms with Gasteiger partial charge in [0.25, 0.3) is 5.91 Å². The largest absolute Gasteiger partial charge is 0.356 e. The van der Waals surface area contributed by atoms with Gasteiger partial charge in [-0.3, -0.25) is 14.6 Å². The number of rotatable bonds is 10. The molecule has 7 nitrogen and oxygen atoms in total. The average molecular weight is 426 g/mol. The predicted octanol–water partition coefficient (Wildman–Crippen LogP) is 2.03. The Morgan fingerprint density at radius 2 is 1.81 bits per heavy atom. The number of nitrogens with one attached hydrogen (secondary N) is 2. The van der Waals surface area contributed by atoms with Crippen LogP contribution in [-0.4, -0.2) is 66.0 Å². The maximum absolute atomic E-state index is 13.1. The second-order valence-electron chi connectivity index (χ2n) is 8.45. The third-order valence-electron chi connectivity index (χ3n) is 5.67. The zero-order valence-corrected chi connectivity index (χ0v) is 18.9. The number of allylic oxidation sites excluding steroid dienone is 4. The van der Waals surface area contributed by atoms with E-state index in [4.69, 9.17) is 0 Å². The van der Waals surface area contributed by atoms with E-state index in [1.807, 2.05) is 36.2 Å². The van der Waals surface area contributed by atoms with Crippen LogP contribution in [0.1, 0.15) is 37.8 Å². The van der Waals surface area contributed by atoms with Gasteiger partial charge in [-0.2, -0.15) is 0 Å². The zero-order valence-electron chi connectivity index (χ0n) is 18.9. The summed E-state index contributed by atoms with van der Waals surface area (Å²) in [6, 6.07) is 8.67. The molecule has 0 atom stereocenters. The van der Waals surface area contributed by atoms with Crippen LogP contribution >= 0.6 is 0 Å². The number of fused-ring (bicyclic) bond motifs is 1. The molecule has 0 fully saturated rings. The van der Waals surface area contributed by atoms with Gasteiger partial charge in [0.05, 0.1) is 13.1 Å². The maximum atomic E-state index is 13.1. The van der Waals surface area contributed by atoms with Gasteiger partial charge in [0.2, 0.25) is 5.91 Å². The molecule has 1 aromatic rings. The maximum Gasteiger partial charge on any atom is 0.256 e. The summed E-state index contributed by atoms with van der Waals surface area (Å²) in [6.45, 7) is 7.28. The normalized spacial score (nSPS) is 15.5. The van der Waals surface area contributed by atoms with E-state index in [2.05, 4.69) is 47.7 Å². The molecule has 2 aliphatic rings. The van der Waals surface area contributed by atoms with Crippen molar-refractivity contribution in [2.45, 2.75) is 45.8 Å². The van der Waals surface area contributed by atoms with Crippen molar-refractivity contribution in [3.8, 4) is 0 Å². The fourth-order valence-corrected chi connectivity index (χ4v) is 3.86. The Kier molecular flexibility index (Phi) is 8.26. The first kappa shape index (κ1) is 23.0. The number of carbonyl (C=O) groups is 2. The molecule has 0 saturated heterocycles. The van der Waals surface area contributed by atoms with E-state index in [-0.39, 0.29) is 24.9 Å². The SMILES string of the molecule is CC(C)NCCNC(=O)CN(CC(=O)N(C)N1Cc2ccccc2C1)C1=CC=CCC1. The lowest BCUT2D eigenvalue weighted by atomic mass is 10.1. The number of likely N-dealkylation sites (N-methyl/N-ethyl adjacent to an activating group) is 1. The van der Waals surface area contributed by atoms with Gasteiger partial charge in [0.15, 0.2) is 0 Å². The average Bonchev–Trinajstić information content (AvgIpc) is 3.20. The summed E-state index contributed by atoms with van der Waals surface area (Å²) >= 11 is 0. The summed E-state index contributed by atoms with van der Waals surface area (Å²) < 4.78 is 0. The molecule has 0 unspecified atom stereocenters. The highest BCUT2D eigenvalue weighted by Gasteiger charge is 2.27. The van der Waals surface area contributed by atoms with Crippen molar-refractivity contribution < 1.29 is 9.59 Å². The Morgan fingerprint density at radius 3 is 2.42 bits per heavy atom. The molecule has 0 saturated carbocycles. The monoisotopic (exact) mass is 425 g/mol. The highest BCUT2D eigenvalue weighted by Crippen LogP contribution is 2.23. The molecule has 0 aromatic heterocycles. The Bertz CT molecular complexity index is 808. The van der Waals surface area contributed by atoms with Gasteiger partial charge in [-0.1, -0.05) is 50.3 Å². The van der Waals surface area contributed by atoms with Crippen molar-refractivity contribution in [1.82, 2.24) is 25.6 Å². The van der Waals surface area contributed by atoms with E-state index < -0.39 is 0 Å². The van der Waals surface area contributed by atoms with E-state index in [1.54, 1.807) is 5.01 Å². The number of hydrazine groups is 1. The van der Waals surface area contributed by atoms with Crippen molar-refractivity contribution in [3.63, 3.8) is 0 Å². The Labute approximate surface area is 185 Å². The van der Waals surface area contributed by atoms with Gasteiger partial charge >= 0.3 is 0 Å². The lowest BCUT2D eigenvalue weighted by Crippen LogP contribution is -2.48. The van der Waals surface area contributed by atoms with Crippen molar-refractivity contribution >= 4 is 11.8 Å². The molecule has 31 heavy (non-hydrogen) atoms. The standard InChI is InChI=1S/C24H35N5O2/c1-19(2)25-13-14-26-23(30)17-28(22-11-5-4-6-12-22)18-24(31)27(3)29-15-20-9-7-8-10-21(20)16-29/h4-5,7-11,19,25H,6,12-18H2,1-3H3,(H,26,30). The first-order valence-corrected chi connectivity index (χ1v) is 11.1. The number of hydrogen-bond donors (Lipinski definition) is 2. The summed E-state index contributed by atoms with van der Waals surface area (Å²) in [7, 11) is 1.82. The molecular weight excluding hydrogens is 390 g/mol. The molecule has 1 heterocycles. The molecule has 3 rings (SSSR count). The van der Waals surface area contributed by atoms with Crippen molar-refractivity contribution in [3.05, 3.63) is 59.3 Å². The fourth-order valence-electron chi connectivity index (χ4n) is 3.86. The van der Waals surface area contributed by atoms with Crippen molar-refractivity contribution in [1.29, 1.82) is 0 Å². The van der Waals surface area contributed by atoms with Crippen LogP contribution < -0.4 is 10.6 Å². The molecule has 1 aromatic carbocycles. The van der Waals surface area contributed by atoms with Crippen LogP contribution in [0.2, 0.25) is 0 Å². The number of amides is 2. The highest BCUT2D eigenvalue weighted by atomic mass is 16.2. The first-order valence-electron chi connectivity index (χ1n) is 11.1. The van der Waals surface area contributed by atoms with Crippen LogP contribution in [-0.2, 0) is 22.7 Å². The topological polar surface area (TPSA) is 67.9 Å². The number of carbonyl (C=O) groups excluding carboxylic acids is 2. The van der Waals surface area contributed by atoms with Gasteiger partial charge in [0, 0.05) is 45.0 Å². The molecule has 2 N–H and O–H groups in total. The number of hydrogen-bond acceptors (Lipinski definition) is 5. The molecular formula is C24H35N5O2. The van der Waals surface area contributed by atoms with E-state index in [9.17, 15) is 9.59 Å². The first-order chi connectivity index (χ1) is 14.9. The summed E-state index contributed by atoms with van der Waals surface area (Å²) in [4.78, 5) is 27.6. The summed E-state index contributed by atoms with van der Waals surface area (Å²) in [5.41, 5.74) is 3.55. The van der Waals surface area contributed by atoms with E-state index >= 15 is 0 Å². The molecule has 168 valence electrons. The van der Waals surface area contributed by atoms with Gasteiger partial charge in [-0.15, -0.1) is 0 Å². The molecule has 0 radical (unpaired) electrons. The summed E-state index contributed by atoms with van der Waals surface area (Å²) in [6.07, 6.45) is 7.88. The predicted molar refractivity (Wildman–Crippen MR) is 123 cm³/mol.